The van der Waals surface area contributed by atoms with Gasteiger partial charge < -0.3 is 9.47 Å². The van der Waals surface area contributed by atoms with Crippen LogP contribution in [0.5, 0.6) is 0 Å². The molecule has 0 spiro atoms. The Morgan fingerprint density at radius 2 is 2.12 bits per heavy atom. The van der Waals surface area contributed by atoms with E-state index in [0.717, 1.165) is 42.8 Å². The Hall–Kier alpha value is -2.18. The summed E-state index contributed by atoms with van der Waals surface area (Å²) in [5.41, 5.74) is 4.45. The summed E-state index contributed by atoms with van der Waals surface area (Å²) >= 11 is 0. The molecule has 0 saturated heterocycles. The van der Waals surface area contributed by atoms with Crippen LogP contribution in [0.4, 0.5) is 0 Å². The largest absolute Gasteiger partial charge is 0.329 e. The Morgan fingerprint density at radius 3 is 2.85 bits per heavy atom. The lowest BCUT2D eigenvalue weighted by Gasteiger charge is -2.20. The van der Waals surface area contributed by atoms with Gasteiger partial charge in [0.25, 0.3) is 5.91 Å². The molecule has 26 heavy (non-hydrogen) atoms. The summed E-state index contributed by atoms with van der Waals surface area (Å²) in [7, 11) is 0. The molecule has 0 unspecified atom stereocenters. The first kappa shape index (κ1) is 20.1. The van der Waals surface area contributed by atoms with Crippen LogP contribution in [0.2, 0.25) is 0 Å². The van der Waals surface area contributed by atoms with E-state index in [0.29, 0.717) is 0 Å². The number of carbonyl (C=O) groups excluding carboxylic acids is 1. The van der Waals surface area contributed by atoms with E-state index in [1.165, 1.54) is 31.8 Å². The van der Waals surface area contributed by atoms with E-state index >= 15 is 0 Å². The van der Waals surface area contributed by atoms with Crippen molar-refractivity contribution in [3.8, 4) is 0 Å². The summed E-state index contributed by atoms with van der Waals surface area (Å²) in [6.45, 7) is 8.62. The SMILES string of the molecule is CCCCCCN(CC)CCn1cnc2cc(C=CC(=O)NO)ccc21. The minimum Gasteiger partial charge on any atom is -0.329 e. The third-order valence-corrected chi connectivity index (χ3v) is 4.61. The molecule has 6 nitrogen and oxygen atoms in total. The van der Waals surface area contributed by atoms with E-state index in [9.17, 15) is 4.79 Å². The number of hydrogen-bond acceptors (Lipinski definition) is 4. The van der Waals surface area contributed by atoms with Crippen LogP contribution in [-0.2, 0) is 11.3 Å². The Balaban J connectivity index is 1.95. The molecule has 0 atom stereocenters. The zero-order valence-electron chi connectivity index (χ0n) is 15.8. The number of nitrogens with one attached hydrogen (secondary N) is 1. The molecule has 2 rings (SSSR count). The number of aromatic nitrogens is 2. The lowest BCUT2D eigenvalue weighted by Crippen LogP contribution is -2.28. The maximum atomic E-state index is 11.1. The van der Waals surface area contributed by atoms with Gasteiger partial charge in [-0.05, 0) is 43.3 Å². The van der Waals surface area contributed by atoms with Gasteiger partial charge in [0.05, 0.1) is 17.4 Å². The first-order valence-electron chi connectivity index (χ1n) is 9.47. The van der Waals surface area contributed by atoms with Crippen LogP contribution in [-0.4, -0.2) is 45.2 Å². The molecular formula is C20H30N4O2. The van der Waals surface area contributed by atoms with E-state index in [1.807, 2.05) is 24.5 Å². The van der Waals surface area contributed by atoms with Crippen molar-refractivity contribution in [2.24, 2.45) is 0 Å². The Kier molecular flexibility index (Phi) is 8.31. The highest BCUT2D eigenvalue weighted by atomic mass is 16.5. The monoisotopic (exact) mass is 358 g/mol. The number of benzene rings is 1. The quantitative estimate of drug-likeness (QED) is 0.279. The van der Waals surface area contributed by atoms with Crippen molar-refractivity contribution in [2.45, 2.75) is 46.1 Å². The standard InChI is InChI=1S/C20H30N4O2/c1-3-5-6-7-12-23(4-2)13-14-24-16-21-18-15-17(8-10-19(18)24)9-11-20(25)22-26/h8-11,15-16,26H,3-7,12-14H2,1-2H3,(H,22,25). The average molecular weight is 358 g/mol. The minimum absolute atomic E-state index is 0.547. The van der Waals surface area contributed by atoms with Crippen LogP contribution < -0.4 is 5.48 Å². The zero-order valence-corrected chi connectivity index (χ0v) is 15.8. The summed E-state index contributed by atoms with van der Waals surface area (Å²) in [5.74, 6) is -0.547. The molecule has 0 aliphatic carbocycles. The topological polar surface area (TPSA) is 70.4 Å². The highest BCUT2D eigenvalue weighted by Gasteiger charge is 2.06. The van der Waals surface area contributed by atoms with Gasteiger partial charge in [0, 0.05) is 19.2 Å². The van der Waals surface area contributed by atoms with Gasteiger partial charge in [-0.2, -0.15) is 0 Å². The fraction of sp³-hybridized carbons (Fsp3) is 0.500. The molecule has 1 aromatic carbocycles. The number of amides is 1. The predicted octanol–water partition coefficient (Wildman–Crippen LogP) is 3.46. The number of hydroxylamine groups is 1. The lowest BCUT2D eigenvalue weighted by atomic mass is 10.2. The van der Waals surface area contributed by atoms with Crippen molar-refractivity contribution in [3.63, 3.8) is 0 Å². The second-order valence-corrected chi connectivity index (χ2v) is 6.49. The number of likely N-dealkylation sites (N-methyl/N-ethyl adjacent to an activating group) is 1. The summed E-state index contributed by atoms with van der Waals surface area (Å²) in [6, 6.07) is 5.91. The van der Waals surface area contributed by atoms with Crippen molar-refractivity contribution in [1.29, 1.82) is 0 Å². The van der Waals surface area contributed by atoms with Gasteiger partial charge in [-0.3, -0.25) is 10.0 Å². The first-order valence-corrected chi connectivity index (χ1v) is 9.47. The van der Waals surface area contributed by atoms with Crippen molar-refractivity contribution >= 4 is 23.0 Å². The number of nitrogens with zero attached hydrogens (tertiary/aromatic N) is 3. The number of rotatable bonds is 11. The molecule has 1 amide bonds. The van der Waals surface area contributed by atoms with Gasteiger partial charge in [-0.1, -0.05) is 39.2 Å². The molecular weight excluding hydrogens is 328 g/mol. The Morgan fingerprint density at radius 1 is 1.27 bits per heavy atom. The predicted molar refractivity (Wildman–Crippen MR) is 105 cm³/mol. The molecule has 2 aromatic rings. The number of imidazole rings is 1. The fourth-order valence-electron chi connectivity index (χ4n) is 3.01. The number of fused-ring (bicyclic) bond motifs is 1. The number of hydrogen-bond donors (Lipinski definition) is 2. The summed E-state index contributed by atoms with van der Waals surface area (Å²) in [5, 5.41) is 8.52. The maximum absolute atomic E-state index is 11.1. The third-order valence-electron chi connectivity index (χ3n) is 4.61. The average Bonchev–Trinajstić information content (AvgIpc) is 3.07. The van der Waals surface area contributed by atoms with Gasteiger partial charge in [0.15, 0.2) is 0 Å². The van der Waals surface area contributed by atoms with Crippen LogP contribution in [0.15, 0.2) is 30.6 Å². The zero-order chi connectivity index (χ0) is 18.8. The fourth-order valence-corrected chi connectivity index (χ4v) is 3.01. The lowest BCUT2D eigenvalue weighted by molar-refractivity contribution is -0.124. The van der Waals surface area contributed by atoms with E-state index < -0.39 is 5.91 Å². The highest BCUT2D eigenvalue weighted by Crippen LogP contribution is 2.16. The normalized spacial score (nSPS) is 11.7. The van der Waals surface area contributed by atoms with Gasteiger partial charge in [0.2, 0.25) is 0 Å². The Bertz CT molecular complexity index is 724. The minimum atomic E-state index is -0.547. The molecule has 142 valence electrons. The first-order chi connectivity index (χ1) is 12.7. The van der Waals surface area contributed by atoms with Crippen molar-refractivity contribution in [3.05, 3.63) is 36.2 Å². The van der Waals surface area contributed by atoms with Crippen LogP contribution >= 0.6 is 0 Å². The molecule has 0 fully saturated rings. The van der Waals surface area contributed by atoms with Crippen molar-refractivity contribution in [2.75, 3.05) is 19.6 Å². The smallest absolute Gasteiger partial charge is 0.267 e. The van der Waals surface area contributed by atoms with E-state index in [-0.39, 0.29) is 0 Å². The van der Waals surface area contributed by atoms with Crippen molar-refractivity contribution in [1.82, 2.24) is 19.9 Å². The van der Waals surface area contributed by atoms with E-state index in [4.69, 9.17) is 5.21 Å². The molecule has 1 aromatic heterocycles. The molecule has 2 N–H and O–H groups in total. The van der Waals surface area contributed by atoms with E-state index in [1.54, 1.807) is 11.6 Å². The van der Waals surface area contributed by atoms with E-state index in [2.05, 4.69) is 28.3 Å². The van der Waals surface area contributed by atoms with Gasteiger partial charge in [0.1, 0.15) is 0 Å². The van der Waals surface area contributed by atoms with Crippen LogP contribution in [0.25, 0.3) is 17.1 Å². The maximum Gasteiger partial charge on any atom is 0.267 e. The molecule has 0 saturated carbocycles. The molecule has 6 heteroatoms. The number of unbranched alkanes of at least 4 members (excludes halogenated alkanes) is 3. The number of carbonyl (C=O) groups is 1. The molecule has 0 aliphatic rings. The molecule has 0 radical (unpaired) electrons. The molecule has 1 heterocycles. The second kappa shape index (κ2) is 10.7. The van der Waals surface area contributed by atoms with Crippen LogP contribution in [0, 0.1) is 0 Å². The van der Waals surface area contributed by atoms with Gasteiger partial charge in [-0.25, -0.2) is 10.5 Å². The third kappa shape index (κ3) is 5.97. The summed E-state index contributed by atoms with van der Waals surface area (Å²) in [4.78, 5) is 18.0. The van der Waals surface area contributed by atoms with Crippen molar-refractivity contribution < 1.29 is 10.0 Å². The molecule has 0 aliphatic heterocycles. The summed E-state index contributed by atoms with van der Waals surface area (Å²) in [6.07, 6.45) is 9.99. The van der Waals surface area contributed by atoms with Gasteiger partial charge in [-0.15, -0.1) is 0 Å². The molecule has 0 bridgehead atoms. The highest BCUT2D eigenvalue weighted by molar-refractivity contribution is 5.91. The Labute approximate surface area is 155 Å². The van der Waals surface area contributed by atoms with Crippen LogP contribution in [0.1, 0.15) is 45.1 Å². The van der Waals surface area contributed by atoms with Crippen LogP contribution in [0.3, 0.4) is 0 Å². The summed E-state index contributed by atoms with van der Waals surface area (Å²) < 4.78 is 2.18. The second-order valence-electron chi connectivity index (χ2n) is 6.49. The van der Waals surface area contributed by atoms with Gasteiger partial charge >= 0.3 is 0 Å².